The molecule has 2 heterocycles. The summed E-state index contributed by atoms with van der Waals surface area (Å²) < 4.78 is 7.80. The maximum absolute atomic E-state index is 5.98. The highest BCUT2D eigenvalue weighted by atomic mass is 32.2. The Bertz CT molecular complexity index is 686. The van der Waals surface area contributed by atoms with Gasteiger partial charge in [0.15, 0.2) is 0 Å². The van der Waals surface area contributed by atoms with E-state index < -0.39 is 0 Å². The second-order valence-corrected chi connectivity index (χ2v) is 6.05. The second kappa shape index (κ2) is 6.37. The lowest BCUT2D eigenvalue weighted by Crippen LogP contribution is -2.22. The molecule has 1 aromatic carbocycles. The average Bonchev–Trinajstić information content (AvgIpc) is 3.09. The molecule has 0 bridgehead atoms. The van der Waals surface area contributed by atoms with Crippen LogP contribution in [0.3, 0.4) is 0 Å². The van der Waals surface area contributed by atoms with E-state index in [4.69, 9.17) is 4.42 Å². The number of nitrogens with one attached hydrogen (secondary N) is 1. The van der Waals surface area contributed by atoms with Gasteiger partial charge >= 0.3 is 0 Å². The van der Waals surface area contributed by atoms with Crippen LogP contribution in [0.5, 0.6) is 0 Å². The van der Waals surface area contributed by atoms with Crippen LogP contribution in [0.4, 0.5) is 0 Å². The molecule has 110 valence electrons. The highest BCUT2D eigenvalue weighted by molar-refractivity contribution is 7.99. The molecule has 5 heteroatoms. The molecule has 0 spiro atoms. The van der Waals surface area contributed by atoms with Crippen LogP contribution < -0.4 is 5.32 Å². The highest BCUT2D eigenvalue weighted by Gasteiger charge is 2.16. The van der Waals surface area contributed by atoms with Crippen LogP contribution in [0.15, 0.2) is 52.0 Å². The number of aryl methyl sites for hydroxylation is 1. The number of aromatic nitrogens is 2. The van der Waals surface area contributed by atoms with Crippen LogP contribution in [-0.4, -0.2) is 22.1 Å². The monoisotopic (exact) mass is 301 g/mol. The molecule has 0 saturated carbocycles. The van der Waals surface area contributed by atoms with Crippen LogP contribution >= 0.6 is 11.8 Å². The zero-order valence-electron chi connectivity index (χ0n) is 12.2. The van der Waals surface area contributed by atoms with Gasteiger partial charge in [0, 0.05) is 29.3 Å². The summed E-state index contributed by atoms with van der Waals surface area (Å²) in [7, 11) is 1.94. The molecule has 3 rings (SSSR count). The van der Waals surface area contributed by atoms with Gasteiger partial charge in [0.1, 0.15) is 11.3 Å². The molecule has 0 aliphatic carbocycles. The van der Waals surface area contributed by atoms with Gasteiger partial charge in [-0.25, -0.2) is 0 Å². The SMILES string of the molecule is CCNC(CSc1cnn(C)c1)c1cc2ccccc2o1. The van der Waals surface area contributed by atoms with E-state index in [-0.39, 0.29) is 6.04 Å². The topological polar surface area (TPSA) is 43.0 Å². The summed E-state index contributed by atoms with van der Waals surface area (Å²) in [6.45, 7) is 3.03. The van der Waals surface area contributed by atoms with Crippen LogP contribution in [0.1, 0.15) is 18.7 Å². The van der Waals surface area contributed by atoms with Gasteiger partial charge in [0.05, 0.1) is 12.2 Å². The van der Waals surface area contributed by atoms with Gasteiger partial charge in [0.25, 0.3) is 0 Å². The van der Waals surface area contributed by atoms with Crippen molar-refractivity contribution >= 4 is 22.7 Å². The van der Waals surface area contributed by atoms with E-state index in [1.54, 1.807) is 11.8 Å². The molecule has 0 radical (unpaired) electrons. The summed E-state index contributed by atoms with van der Waals surface area (Å²) >= 11 is 1.79. The van der Waals surface area contributed by atoms with Crippen molar-refractivity contribution in [2.75, 3.05) is 12.3 Å². The number of thioether (sulfide) groups is 1. The van der Waals surface area contributed by atoms with Gasteiger partial charge in [-0.1, -0.05) is 25.1 Å². The first-order valence-electron chi connectivity index (χ1n) is 7.09. The van der Waals surface area contributed by atoms with E-state index in [0.717, 1.165) is 29.0 Å². The first-order chi connectivity index (χ1) is 10.3. The lowest BCUT2D eigenvalue weighted by Gasteiger charge is -2.14. The van der Waals surface area contributed by atoms with Gasteiger partial charge < -0.3 is 9.73 Å². The second-order valence-electron chi connectivity index (χ2n) is 4.96. The Morgan fingerprint density at radius 3 is 2.95 bits per heavy atom. The van der Waals surface area contributed by atoms with Crippen molar-refractivity contribution in [2.45, 2.75) is 17.9 Å². The summed E-state index contributed by atoms with van der Waals surface area (Å²) in [5, 5.41) is 8.85. The fourth-order valence-corrected chi connectivity index (χ4v) is 3.31. The van der Waals surface area contributed by atoms with Crippen LogP contribution in [0.25, 0.3) is 11.0 Å². The molecule has 0 aliphatic rings. The molecular formula is C16H19N3OS. The lowest BCUT2D eigenvalue weighted by molar-refractivity contribution is 0.464. The molecule has 0 saturated heterocycles. The highest BCUT2D eigenvalue weighted by Crippen LogP contribution is 2.28. The van der Waals surface area contributed by atoms with Gasteiger partial charge in [-0.3, -0.25) is 4.68 Å². The predicted molar refractivity (Wildman–Crippen MR) is 86.6 cm³/mol. The quantitative estimate of drug-likeness (QED) is 0.706. The number of rotatable bonds is 6. The minimum Gasteiger partial charge on any atom is -0.459 e. The molecule has 1 unspecified atom stereocenters. The number of hydrogen-bond donors (Lipinski definition) is 1. The van der Waals surface area contributed by atoms with E-state index in [2.05, 4.69) is 29.5 Å². The van der Waals surface area contributed by atoms with Crippen molar-refractivity contribution in [2.24, 2.45) is 7.05 Å². The van der Waals surface area contributed by atoms with Crippen LogP contribution in [0.2, 0.25) is 0 Å². The van der Waals surface area contributed by atoms with Crippen LogP contribution in [-0.2, 0) is 7.05 Å². The van der Waals surface area contributed by atoms with Crippen molar-refractivity contribution < 1.29 is 4.42 Å². The third-order valence-electron chi connectivity index (χ3n) is 3.34. The summed E-state index contributed by atoms with van der Waals surface area (Å²) in [6, 6.07) is 10.5. The lowest BCUT2D eigenvalue weighted by atomic mass is 10.2. The summed E-state index contributed by atoms with van der Waals surface area (Å²) in [4.78, 5) is 1.18. The maximum atomic E-state index is 5.98. The Kier molecular flexibility index (Phi) is 4.31. The molecule has 1 N–H and O–H groups in total. The van der Waals surface area contributed by atoms with Gasteiger partial charge in [-0.2, -0.15) is 5.10 Å². The number of para-hydroxylation sites is 1. The smallest absolute Gasteiger partial charge is 0.134 e. The minimum atomic E-state index is 0.201. The summed E-state index contributed by atoms with van der Waals surface area (Å²) in [5.41, 5.74) is 0.946. The van der Waals surface area contributed by atoms with Crippen molar-refractivity contribution in [3.63, 3.8) is 0 Å². The van der Waals surface area contributed by atoms with Crippen molar-refractivity contribution in [1.29, 1.82) is 0 Å². The zero-order valence-corrected chi connectivity index (χ0v) is 13.1. The first-order valence-corrected chi connectivity index (χ1v) is 8.08. The van der Waals surface area contributed by atoms with Gasteiger partial charge in [0.2, 0.25) is 0 Å². The fourth-order valence-electron chi connectivity index (χ4n) is 2.32. The fraction of sp³-hybridized carbons (Fsp3) is 0.312. The maximum Gasteiger partial charge on any atom is 0.134 e. The Balaban J connectivity index is 1.76. The van der Waals surface area contributed by atoms with Crippen LogP contribution in [0, 0.1) is 0 Å². The Labute approximate surface area is 128 Å². The van der Waals surface area contributed by atoms with E-state index in [0.29, 0.717) is 0 Å². The number of furan rings is 1. The minimum absolute atomic E-state index is 0.201. The van der Waals surface area contributed by atoms with Crippen molar-refractivity contribution in [1.82, 2.24) is 15.1 Å². The molecule has 2 aromatic heterocycles. The molecule has 1 atom stereocenters. The Morgan fingerprint density at radius 2 is 2.24 bits per heavy atom. The molecule has 21 heavy (non-hydrogen) atoms. The van der Waals surface area contributed by atoms with Gasteiger partial charge in [-0.15, -0.1) is 11.8 Å². The van der Waals surface area contributed by atoms with E-state index in [1.807, 2.05) is 42.3 Å². The predicted octanol–water partition coefficient (Wildman–Crippen LogP) is 3.61. The number of nitrogens with zero attached hydrogens (tertiary/aromatic N) is 2. The van der Waals surface area contributed by atoms with Crippen molar-refractivity contribution in [3.05, 3.63) is 48.5 Å². The van der Waals surface area contributed by atoms with E-state index in [9.17, 15) is 0 Å². The van der Waals surface area contributed by atoms with Crippen molar-refractivity contribution in [3.8, 4) is 0 Å². The van der Waals surface area contributed by atoms with E-state index >= 15 is 0 Å². The Morgan fingerprint density at radius 1 is 1.38 bits per heavy atom. The molecule has 0 aliphatic heterocycles. The molecule has 4 nitrogen and oxygen atoms in total. The number of fused-ring (bicyclic) bond motifs is 1. The number of hydrogen-bond acceptors (Lipinski definition) is 4. The molecule has 3 aromatic rings. The number of benzene rings is 1. The summed E-state index contributed by atoms with van der Waals surface area (Å²) in [5.74, 6) is 1.91. The summed E-state index contributed by atoms with van der Waals surface area (Å²) in [6.07, 6.45) is 3.93. The third-order valence-corrected chi connectivity index (χ3v) is 4.38. The van der Waals surface area contributed by atoms with E-state index in [1.165, 1.54) is 4.90 Å². The van der Waals surface area contributed by atoms with Gasteiger partial charge in [-0.05, 0) is 18.7 Å². The Hall–Kier alpha value is -1.72. The molecule has 0 amide bonds. The largest absolute Gasteiger partial charge is 0.459 e. The zero-order chi connectivity index (χ0) is 14.7. The normalized spacial score (nSPS) is 12.9. The average molecular weight is 301 g/mol. The molecule has 0 fully saturated rings. The first kappa shape index (κ1) is 14.2. The standard InChI is InChI=1S/C16H19N3OS/c1-3-17-14(11-21-13-9-18-19(2)10-13)16-8-12-6-4-5-7-15(12)20-16/h4-10,14,17H,3,11H2,1-2H3. The third kappa shape index (κ3) is 3.31. The molecular weight excluding hydrogens is 282 g/mol.